The van der Waals surface area contributed by atoms with E-state index < -0.39 is 17.6 Å². The first-order valence-electron chi connectivity index (χ1n) is 10.8. The predicted molar refractivity (Wildman–Crippen MR) is 121 cm³/mol. The second kappa shape index (κ2) is 7.13. The Morgan fingerprint density at radius 3 is 2.41 bits per heavy atom. The third-order valence-corrected chi connectivity index (χ3v) is 7.20. The topological polar surface area (TPSA) is 103 Å². The van der Waals surface area contributed by atoms with Gasteiger partial charge in [0.15, 0.2) is 0 Å². The Bertz CT molecular complexity index is 1280. The molecule has 2 aromatic carbocycles. The summed E-state index contributed by atoms with van der Waals surface area (Å²) in [4.78, 5) is 9.13. The molecule has 1 unspecified atom stereocenters. The smallest absolute Gasteiger partial charge is 0.146 e. The van der Waals surface area contributed by atoms with E-state index in [-0.39, 0.29) is 18.6 Å². The number of benzene rings is 2. The molecule has 7 heteroatoms. The fourth-order valence-corrected chi connectivity index (χ4v) is 5.45. The molecule has 2 aromatic heterocycles. The SMILES string of the molecule is OC[C@@]12CC1[C@@H](n1cc(-c3ccccc3)c3c(Nc4ccccc4)ncnc31)[C@@H](O)[C@H]2O. The lowest BCUT2D eigenvalue weighted by molar-refractivity contribution is -0.0300. The Morgan fingerprint density at radius 2 is 1.72 bits per heavy atom. The molecular weight excluding hydrogens is 404 g/mol. The number of nitrogens with one attached hydrogen (secondary N) is 1. The van der Waals surface area contributed by atoms with Crippen molar-refractivity contribution < 1.29 is 15.3 Å². The number of anilines is 2. The van der Waals surface area contributed by atoms with Gasteiger partial charge in [-0.05, 0) is 30.0 Å². The Kier molecular flexibility index (Phi) is 4.33. The maximum atomic E-state index is 10.9. The summed E-state index contributed by atoms with van der Waals surface area (Å²) in [5, 5.41) is 35.7. The van der Waals surface area contributed by atoms with Crippen LogP contribution in [-0.4, -0.2) is 48.7 Å². The van der Waals surface area contributed by atoms with E-state index in [0.717, 1.165) is 22.2 Å². The zero-order valence-electron chi connectivity index (χ0n) is 17.3. The van der Waals surface area contributed by atoms with Gasteiger partial charge in [0.1, 0.15) is 23.9 Å². The monoisotopic (exact) mass is 428 g/mol. The molecule has 162 valence electrons. The molecule has 0 amide bonds. The molecule has 5 atom stereocenters. The summed E-state index contributed by atoms with van der Waals surface area (Å²) in [5.74, 6) is 0.674. The Labute approximate surface area is 185 Å². The van der Waals surface area contributed by atoms with E-state index in [1.165, 1.54) is 6.33 Å². The van der Waals surface area contributed by atoms with Crippen LogP contribution in [0, 0.1) is 11.3 Å². The highest BCUT2D eigenvalue weighted by atomic mass is 16.3. The van der Waals surface area contributed by atoms with Crippen LogP contribution < -0.4 is 5.32 Å². The van der Waals surface area contributed by atoms with Gasteiger partial charge >= 0.3 is 0 Å². The lowest BCUT2D eigenvalue weighted by Crippen LogP contribution is -2.35. The van der Waals surface area contributed by atoms with Crippen LogP contribution in [0.2, 0.25) is 0 Å². The van der Waals surface area contributed by atoms with Crippen LogP contribution in [0.15, 0.2) is 73.2 Å². The van der Waals surface area contributed by atoms with Gasteiger partial charge in [-0.1, -0.05) is 48.5 Å². The summed E-state index contributed by atoms with van der Waals surface area (Å²) in [6, 6.07) is 19.5. The van der Waals surface area contributed by atoms with Crippen LogP contribution in [0.3, 0.4) is 0 Å². The average Bonchev–Trinajstić information content (AvgIpc) is 3.38. The normalized spacial score (nSPS) is 28.6. The number of fused-ring (bicyclic) bond motifs is 2. The van der Waals surface area contributed by atoms with Crippen molar-refractivity contribution in [3.05, 3.63) is 73.2 Å². The van der Waals surface area contributed by atoms with Crippen molar-refractivity contribution in [3.8, 4) is 11.1 Å². The van der Waals surface area contributed by atoms with E-state index in [1.54, 1.807) is 0 Å². The van der Waals surface area contributed by atoms with Crippen LogP contribution in [0.25, 0.3) is 22.2 Å². The molecule has 0 radical (unpaired) electrons. The molecule has 4 aromatic rings. The Morgan fingerprint density at radius 1 is 1.00 bits per heavy atom. The van der Waals surface area contributed by atoms with Gasteiger partial charge in [-0.3, -0.25) is 0 Å². The highest BCUT2D eigenvalue weighted by Crippen LogP contribution is 2.67. The lowest BCUT2D eigenvalue weighted by atomic mass is 10.0. The van der Waals surface area contributed by atoms with Crippen LogP contribution in [0.4, 0.5) is 11.5 Å². The number of nitrogens with zero attached hydrogens (tertiary/aromatic N) is 3. The number of aliphatic hydroxyl groups excluding tert-OH is 3. The van der Waals surface area contributed by atoms with Crippen molar-refractivity contribution in [1.29, 1.82) is 0 Å². The number of rotatable bonds is 5. The number of aliphatic hydroxyl groups is 3. The first kappa shape index (κ1) is 19.4. The quantitative estimate of drug-likeness (QED) is 0.390. The van der Waals surface area contributed by atoms with Crippen LogP contribution in [-0.2, 0) is 0 Å². The molecular formula is C25H24N4O3. The maximum absolute atomic E-state index is 10.9. The van der Waals surface area contributed by atoms with Crippen molar-refractivity contribution in [1.82, 2.24) is 14.5 Å². The van der Waals surface area contributed by atoms with Gasteiger partial charge in [-0.25, -0.2) is 9.97 Å². The second-order valence-corrected chi connectivity index (χ2v) is 8.86. The molecule has 2 aliphatic carbocycles. The fourth-order valence-electron chi connectivity index (χ4n) is 5.45. The van der Waals surface area contributed by atoms with Gasteiger partial charge in [0.05, 0.1) is 24.1 Å². The minimum Gasteiger partial charge on any atom is -0.396 e. The van der Waals surface area contributed by atoms with Gasteiger partial charge in [-0.2, -0.15) is 0 Å². The van der Waals surface area contributed by atoms with Crippen LogP contribution >= 0.6 is 0 Å². The van der Waals surface area contributed by atoms with Crippen molar-refractivity contribution in [2.75, 3.05) is 11.9 Å². The molecule has 0 bridgehead atoms. The zero-order valence-corrected chi connectivity index (χ0v) is 17.3. The van der Waals surface area contributed by atoms with Crippen molar-refractivity contribution in [2.45, 2.75) is 24.7 Å². The van der Waals surface area contributed by atoms with Gasteiger partial charge in [0.25, 0.3) is 0 Å². The second-order valence-electron chi connectivity index (χ2n) is 8.86. The molecule has 2 heterocycles. The number of aromatic nitrogens is 3. The Hall–Kier alpha value is -3.26. The average molecular weight is 428 g/mol. The summed E-state index contributed by atoms with van der Waals surface area (Å²) in [5.41, 5.74) is 2.94. The van der Waals surface area contributed by atoms with Crippen molar-refractivity contribution in [3.63, 3.8) is 0 Å². The van der Waals surface area contributed by atoms with Crippen LogP contribution in [0.1, 0.15) is 12.5 Å². The van der Waals surface area contributed by atoms with E-state index in [2.05, 4.69) is 15.3 Å². The predicted octanol–water partition coefficient (Wildman–Crippen LogP) is 3.12. The van der Waals surface area contributed by atoms with Crippen molar-refractivity contribution in [2.24, 2.45) is 11.3 Å². The van der Waals surface area contributed by atoms with Crippen molar-refractivity contribution >= 4 is 22.5 Å². The summed E-state index contributed by atoms with van der Waals surface area (Å²) in [7, 11) is 0. The zero-order chi connectivity index (χ0) is 21.9. The summed E-state index contributed by atoms with van der Waals surface area (Å²) >= 11 is 0. The number of hydrogen-bond donors (Lipinski definition) is 4. The molecule has 32 heavy (non-hydrogen) atoms. The molecule has 2 fully saturated rings. The van der Waals surface area contributed by atoms with E-state index in [0.29, 0.717) is 17.9 Å². The van der Waals surface area contributed by atoms with Gasteiger partial charge in [0.2, 0.25) is 0 Å². The van der Waals surface area contributed by atoms with Gasteiger partial charge in [-0.15, -0.1) is 0 Å². The molecule has 7 nitrogen and oxygen atoms in total. The largest absolute Gasteiger partial charge is 0.396 e. The standard InChI is InChI=1S/C25H24N4O3/c30-13-25-11-18(25)20(21(31)22(25)32)29-12-17(15-7-3-1-4-8-15)19-23(26-14-27-24(19)29)28-16-9-5-2-6-10-16/h1-10,12,14,18,20-22,30-32H,11,13H2,(H,26,27,28)/t18?,20-,21-,22-,25+/m1/s1. The number of hydrogen-bond acceptors (Lipinski definition) is 6. The molecule has 0 aliphatic heterocycles. The molecule has 6 rings (SSSR count). The van der Waals surface area contributed by atoms with E-state index in [9.17, 15) is 15.3 Å². The highest BCUT2D eigenvalue weighted by Gasteiger charge is 2.71. The minimum atomic E-state index is -0.972. The molecule has 2 saturated carbocycles. The summed E-state index contributed by atoms with van der Waals surface area (Å²) in [6.07, 6.45) is 2.28. The maximum Gasteiger partial charge on any atom is 0.146 e. The molecule has 4 N–H and O–H groups in total. The minimum absolute atomic E-state index is 0.00257. The first-order valence-corrected chi connectivity index (χ1v) is 10.8. The third-order valence-electron chi connectivity index (χ3n) is 7.20. The summed E-state index contributed by atoms with van der Waals surface area (Å²) in [6.45, 7) is -0.132. The lowest BCUT2D eigenvalue weighted by Gasteiger charge is -2.24. The van der Waals surface area contributed by atoms with Crippen LogP contribution in [0.5, 0.6) is 0 Å². The molecule has 0 saturated heterocycles. The van der Waals surface area contributed by atoms with E-state index in [1.807, 2.05) is 71.4 Å². The molecule has 2 aliphatic rings. The van der Waals surface area contributed by atoms with Gasteiger partial charge < -0.3 is 25.2 Å². The Balaban J connectivity index is 1.55. The fraction of sp³-hybridized carbons (Fsp3) is 0.280. The third kappa shape index (κ3) is 2.72. The first-order chi connectivity index (χ1) is 15.6. The molecule has 0 spiro atoms. The van der Waals surface area contributed by atoms with Gasteiger partial charge in [0, 0.05) is 22.9 Å². The number of para-hydroxylation sites is 1. The van der Waals surface area contributed by atoms with E-state index >= 15 is 0 Å². The summed E-state index contributed by atoms with van der Waals surface area (Å²) < 4.78 is 1.97. The van der Waals surface area contributed by atoms with E-state index in [4.69, 9.17) is 0 Å². The highest BCUT2D eigenvalue weighted by molar-refractivity contribution is 6.02.